The van der Waals surface area contributed by atoms with Crippen molar-refractivity contribution < 1.29 is 18.4 Å². The predicted octanol–water partition coefficient (Wildman–Crippen LogP) is 2.58. The van der Waals surface area contributed by atoms with Crippen molar-refractivity contribution in [3.63, 3.8) is 0 Å². The van der Waals surface area contributed by atoms with Gasteiger partial charge in [-0.1, -0.05) is 31.9 Å². The second-order valence-electron chi connectivity index (χ2n) is 4.62. The molecule has 2 unspecified atom stereocenters. The van der Waals surface area contributed by atoms with Crippen molar-refractivity contribution in [2.45, 2.75) is 39.7 Å². The minimum atomic E-state index is -2.71. The van der Waals surface area contributed by atoms with Gasteiger partial charge in [-0.05, 0) is 19.2 Å². The van der Waals surface area contributed by atoms with E-state index in [4.69, 9.17) is 13.8 Å². The van der Waals surface area contributed by atoms with E-state index in [0.29, 0.717) is 0 Å². The lowest BCUT2D eigenvalue weighted by atomic mass is 9.86. The lowest BCUT2D eigenvalue weighted by Crippen LogP contribution is -2.47. The van der Waals surface area contributed by atoms with Gasteiger partial charge in [-0.3, -0.25) is 0 Å². The Morgan fingerprint density at radius 3 is 2.07 bits per heavy atom. The molecule has 0 bridgehead atoms. The summed E-state index contributed by atoms with van der Waals surface area (Å²) in [5.41, 5.74) is -0.445. The quantitative estimate of drug-likeness (QED) is 0.353. The fraction of sp³-hybridized carbons (Fsp3) is 0.778. The Labute approximate surface area is 94.0 Å². The van der Waals surface area contributed by atoms with Crippen LogP contribution in [0.4, 0.5) is 0 Å². The van der Waals surface area contributed by atoms with Gasteiger partial charge >= 0.3 is 8.25 Å². The smallest absolute Gasteiger partial charge is 0.387 e. The molecule has 0 aromatic rings. The third-order valence-electron chi connectivity index (χ3n) is 1.94. The van der Waals surface area contributed by atoms with Gasteiger partial charge in [-0.25, -0.2) is 0 Å². The van der Waals surface area contributed by atoms with E-state index < -0.39 is 28.5 Å². The molecular weight excluding hydrogens is 231 g/mol. The van der Waals surface area contributed by atoms with Gasteiger partial charge in [0.2, 0.25) is 5.79 Å². The molecule has 0 aliphatic rings. The Hall–Kier alpha value is -0.0631. The van der Waals surface area contributed by atoms with Crippen LogP contribution in [0, 0.1) is 5.41 Å². The molecule has 0 aliphatic carbocycles. The second kappa shape index (κ2) is 5.32. The third-order valence-corrected chi connectivity index (χ3v) is 3.19. The van der Waals surface area contributed by atoms with Crippen LogP contribution in [0.3, 0.4) is 0 Å². The van der Waals surface area contributed by atoms with E-state index in [1.807, 2.05) is 33.9 Å². The summed E-state index contributed by atoms with van der Waals surface area (Å²) in [6.45, 7) is 13.2. The van der Waals surface area contributed by atoms with Gasteiger partial charge in [0.1, 0.15) is 0 Å². The Bertz CT molecular complexity index is 249. The zero-order chi connectivity index (χ0) is 12.3. The lowest BCUT2D eigenvalue weighted by Gasteiger charge is -2.38. The van der Waals surface area contributed by atoms with E-state index in [1.165, 1.54) is 6.08 Å². The molecule has 4 nitrogen and oxygen atoms in total. The standard InChI is InChI=1S/C9H19O4PSi/c1-7-9(8(2,3)4,12-14(10)11)13-15(5)6/h7,15H,1H2,2-6H3/p+1. The van der Waals surface area contributed by atoms with Gasteiger partial charge in [0, 0.05) is 9.98 Å². The van der Waals surface area contributed by atoms with Gasteiger partial charge in [-0.15, -0.1) is 4.89 Å². The fourth-order valence-electron chi connectivity index (χ4n) is 1.19. The maximum atomic E-state index is 10.8. The summed E-state index contributed by atoms with van der Waals surface area (Å²) in [5.74, 6) is -1.18. The minimum Gasteiger partial charge on any atom is -0.387 e. The first-order valence-electron chi connectivity index (χ1n) is 4.81. The van der Waals surface area contributed by atoms with Crippen molar-refractivity contribution in [1.82, 2.24) is 0 Å². The van der Waals surface area contributed by atoms with Crippen LogP contribution in [0.2, 0.25) is 13.1 Å². The van der Waals surface area contributed by atoms with Crippen molar-refractivity contribution in [2.24, 2.45) is 5.41 Å². The average Bonchev–Trinajstić information content (AvgIpc) is 1.98. The van der Waals surface area contributed by atoms with Crippen LogP contribution in [0.1, 0.15) is 20.8 Å². The topological polar surface area (TPSA) is 55.8 Å². The molecule has 0 aromatic heterocycles. The van der Waals surface area contributed by atoms with Gasteiger partial charge < -0.3 is 4.43 Å². The Morgan fingerprint density at radius 1 is 1.40 bits per heavy atom. The monoisotopic (exact) mass is 251 g/mol. The van der Waals surface area contributed by atoms with Crippen LogP contribution in [0.5, 0.6) is 0 Å². The van der Waals surface area contributed by atoms with E-state index in [0.717, 1.165) is 0 Å². The summed E-state index contributed by atoms with van der Waals surface area (Å²) in [4.78, 5) is 8.87. The maximum Gasteiger partial charge on any atom is 0.698 e. The molecule has 0 spiro atoms. The Morgan fingerprint density at radius 2 is 1.87 bits per heavy atom. The van der Waals surface area contributed by atoms with Crippen molar-refractivity contribution in [3.8, 4) is 0 Å². The molecule has 88 valence electrons. The molecule has 0 heterocycles. The van der Waals surface area contributed by atoms with Crippen molar-refractivity contribution in [1.29, 1.82) is 0 Å². The van der Waals surface area contributed by atoms with Crippen LogP contribution in [0.15, 0.2) is 12.7 Å². The van der Waals surface area contributed by atoms with Gasteiger partial charge in [0.05, 0.1) is 0 Å². The molecule has 2 atom stereocenters. The number of hydrogen-bond acceptors (Lipinski definition) is 3. The highest BCUT2D eigenvalue weighted by Crippen LogP contribution is 2.42. The average molecular weight is 251 g/mol. The van der Waals surface area contributed by atoms with E-state index >= 15 is 0 Å². The molecule has 0 fully saturated rings. The molecule has 0 amide bonds. The maximum absolute atomic E-state index is 10.8. The molecule has 15 heavy (non-hydrogen) atoms. The van der Waals surface area contributed by atoms with E-state index in [1.54, 1.807) is 0 Å². The molecule has 6 heteroatoms. The SMILES string of the molecule is C=CC(O[SiH](C)C)(O[P+](=O)O)C(C)(C)C. The highest BCUT2D eigenvalue weighted by molar-refractivity contribution is 7.32. The molecule has 0 saturated heterocycles. The van der Waals surface area contributed by atoms with Gasteiger partial charge in [-0.2, -0.15) is 0 Å². The highest BCUT2D eigenvalue weighted by Gasteiger charge is 2.49. The van der Waals surface area contributed by atoms with Crippen LogP contribution in [-0.2, 0) is 13.5 Å². The second-order valence-corrected chi connectivity index (χ2v) is 7.61. The third kappa shape index (κ3) is 4.13. The normalized spacial score (nSPS) is 17.4. The molecule has 0 saturated carbocycles. The number of rotatable bonds is 5. The van der Waals surface area contributed by atoms with Crippen LogP contribution >= 0.6 is 8.25 Å². The first-order valence-corrected chi connectivity index (χ1v) is 8.72. The summed E-state index contributed by atoms with van der Waals surface area (Å²) >= 11 is 0. The molecule has 0 aromatic carbocycles. The summed E-state index contributed by atoms with van der Waals surface area (Å²) in [5, 5.41) is 0. The van der Waals surface area contributed by atoms with Crippen molar-refractivity contribution in [2.75, 3.05) is 0 Å². The lowest BCUT2D eigenvalue weighted by molar-refractivity contribution is -0.149. The first kappa shape index (κ1) is 14.9. The van der Waals surface area contributed by atoms with Crippen molar-refractivity contribution >= 4 is 17.3 Å². The molecule has 0 aliphatic heterocycles. The fourth-order valence-corrected chi connectivity index (χ4v) is 3.10. The number of hydrogen-bond donors (Lipinski definition) is 1. The predicted molar refractivity (Wildman–Crippen MR) is 63.3 cm³/mol. The van der Waals surface area contributed by atoms with Crippen LogP contribution in [0.25, 0.3) is 0 Å². The molecule has 0 rings (SSSR count). The minimum absolute atomic E-state index is 0.445. The van der Waals surface area contributed by atoms with Gasteiger partial charge in [0.25, 0.3) is 0 Å². The van der Waals surface area contributed by atoms with Crippen molar-refractivity contribution in [3.05, 3.63) is 12.7 Å². The van der Waals surface area contributed by atoms with E-state index in [9.17, 15) is 4.57 Å². The molecular formula is C9H20O4PSi+. The van der Waals surface area contributed by atoms with Gasteiger partial charge in [0.15, 0.2) is 9.04 Å². The van der Waals surface area contributed by atoms with E-state index in [-0.39, 0.29) is 0 Å². The zero-order valence-electron chi connectivity index (χ0n) is 9.98. The summed E-state index contributed by atoms with van der Waals surface area (Å²) in [6, 6.07) is 0. The first-order chi connectivity index (χ1) is 6.64. The van der Waals surface area contributed by atoms with E-state index in [2.05, 4.69) is 6.58 Å². The Balaban J connectivity index is 5.11. The summed E-state index contributed by atoms with van der Waals surface area (Å²) in [6.07, 6.45) is 1.46. The molecule has 1 N–H and O–H groups in total. The summed E-state index contributed by atoms with van der Waals surface area (Å²) < 4.78 is 21.6. The van der Waals surface area contributed by atoms with Crippen LogP contribution < -0.4 is 0 Å². The highest BCUT2D eigenvalue weighted by atomic mass is 31.1. The molecule has 0 radical (unpaired) electrons. The largest absolute Gasteiger partial charge is 0.698 e. The summed E-state index contributed by atoms with van der Waals surface area (Å²) in [7, 11) is -4.12. The Kier molecular flexibility index (Phi) is 5.30. The van der Waals surface area contributed by atoms with Crippen LogP contribution in [-0.4, -0.2) is 19.7 Å². The zero-order valence-corrected chi connectivity index (χ0v) is 12.0.